The monoisotopic (exact) mass is 586 g/mol. The van der Waals surface area contributed by atoms with Gasteiger partial charge in [-0.3, -0.25) is 34.2 Å². The van der Waals surface area contributed by atoms with E-state index in [0.717, 1.165) is 12.8 Å². The molecule has 0 aromatic heterocycles. The second-order valence-corrected chi connectivity index (χ2v) is 11.7. The molecule has 7 atom stereocenters. The smallest absolute Gasteiger partial charge is 0.411 e. The van der Waals surface area contributed by atoms with Crippen LogP contribution in [0.25, 0.3) is 0 Å². The van der Waals surface area contributed by atoms with Crippen molar-refractivity contribution in [3.8, 4) is 5.75 Å². The first-order valence-electron chi connectivity index (χ1n) is 14.0. The molecule has 2 saturated carbocycles. The molecule has 4 rings (SSSR count). The summed E-state index contributed by atoms with van der Waals surface area (Å²) in [5.41, 5.74) is 5.86. The fourth-order valence-electron chi connectivity index (χ4n) is 6.81. The van der Waals surface area contributed by atoms with Crippen molar-refractivity contribution in [1.82, 2.24) is 4.90 Å². The van der Waals surface area contributed by atoms with E-state index in [2.05, 4.69) is 5.32 Å². The first-order chi connectivity index (χ1) is 19.7. The number of carbonyl (C=O) groups excluding carboxylic acids is 6. The van der Waals surface area contributed by atoms with Crippen molar-refractivity contribution in [2.24, 2.45) is 35.3 Å². The number of amides is 2. The fourth-order valence-corrected chi connectivity index (χ4v) is 6.81. The quantitative estimate of drug-likeness (QED) is 0.188. The molecule has 3 aliphatic rings. The van der Waals surface area contributed by atoms with Crippen molar-refractivity contribution in [2.45, 2.75) is 44.8 Å². The average Bonchev–Trinajstić information content (AvgIpc) is 2.90. The summed E-state index contributed by atoms with van der Waals surface area (Å²) >= 11 is 0. The van der Waals surface area contributed by atoms with Gasteiger partial charge in [0.25, 0.3) is 0 Å². The number of primary amides is 1. The minimum absolute atomic E-state index is 0.0353. The van der Waals surface area contributed by atoms with Crippen LogP contribution in [0.15, 0.2) is 6.07 Å². The molecule has 1 aromatic rings. The third-order valence-corrected chi connectivity index (χ3v) is 8.68. The summed E-state index contributed by atoms with van der Waals surface area (Å²) in [5.74, 6) is -12.5. The van der Waals surface area contributed by atoms with Gasteiger partial charge in [-0.25, -0.2) is 4.79 Å². The number of aromatic hydroxyl groups is 1. The van der Waals surface area contributed by atoms with Gasteiger partial charge < -0.3 is 25.6 Å². The molecule has 228 valence electrons. The second-order valence-electron chi connectivity index (χ2n) is 11.7. The summed E-state index contributed by atoms with van der Waals surface area (Å²) in [4.78, 5) is 82.2. The van der Waals surface area contributed by atoms with E-state index in [0.29, 0.717) is 17.7 Å². The maximum absolute atomic E-state index is 14.0. The molecule has 0 aliphatic heterocycles. The Kier molecular flexibility index (Phi) is 8.74. The summed E-state index contributed by atoms with van der Waals surface area (Å²) in [5, 5.41) is 25.3. The number of Topliss-reactive ketones (excluding diaryl/α,β-unsaturated/α-hetero) is 4. The number of hydrogen-bond donors (Lipinski definition) is 4. The number of unbranched alkanes of at least 4 members (excludes halogenated alkanes) is 2. The zero-order valence-electron chi connectivity index (χ0n) is 24.4. The minimum Gasteiger partial charge on any atom is -0.505 e. The van der Waals surface area contributed by atoms with E-state index in [-0.39, 0.29) is 24.3 Å². The van der Waals surface area contributed by atoms with Gasteiger partial charge in [0, 0.05) is 31.6 Å². The lowest BCUT2D eigenvalue weighted by Gasteiger charge is -2.51. The highest BCUT2D eigenvalue weighted by Gasteiger charge is 2.64. The van der Waals surface area contributed by atoms with E-state index in [9.17, 15) is 39.0 Å². The molecular weight excluding hydrogens is 548 g/mol. The van der Waals surface area contributed by atoms with Gasteiger partial charge in [-0.15, -0.1) is 0 Å². The number of anilines is 2. The number of fused-ring (bicyclic) bond motifs is 3. The normalized spacial score (nSPS) is 28.6. The van der Waals surface area contributed by atoms with Crippen LogP contribution in [0.3, 0.4) is 0 Å². The zero-order chi connectivity index (χ0) is 31.2. The SMILES string of the molecule is CCCCCOC(=O)Nc1cc(N(C)C)c2c(c1O)C(=O)C1C(=O)C3C(=O)C(C(N)=O)C(=O)[C@@H](N(C)C)C3[C@@H](O)C1C2. The number of aliphatic hydroxyl groups excluding tert-OH is 1. The summed E-state index contributed by atoms with van der Waals surface area (Å²) < 4.78 is 5.18. The molecule has 13 nitrogen and oxygen atoms in total. The average molecular weight is 587 g/mol. The number of likely N-dealkylation sites (N-methyl/N-ethyl adjacent to an activating group) is 1. The van der Waals surface area contributed by atoms with E-state index in [1.807, 2.05) is 6.92 Å². The number of phenols is 1. The molecule has 0 bridgehead atoms. The van der Waals surface area contributed by atoms with Gasteiger partial charge in [0.15, 0.2) is 29.1 Å². The predicted molar refractivity (Wildman–Crippen MR) is 150 cm³/mol. The van der Waals surface area contributed by atoms with Crippen molar-refractivity contribution in [3.05, 3.63) is 17.2 Å². The summed E-state index contributed by atoms with van der Waals surface area (Å²) in [6.45, 7) is 2.17. The number of nitrogens with two attached hydrogens (primary N) is 1. The molecule has 2 fully saturated rings. The van der Waals surface area contributed by atoms with Crippen molar-refractivity contribution in [2.75, 3.05) is 45.0 Å². The third kappa shape index (κ3) is 5.04. The molecule has 1 aromatic carbocycles. The van der Waals surface area contributed by atoms with Crippen LogP contribution in [0, 0.1) is 29.6 Å². The molecule has 5 N–H and O–H groups in total. The lowest BCUT2D eigenvalue weighted by atomic mass is 9.53. The number of ether oxygens (including phenoxy) is 1. The van der Waals surface area contributed by atoms with Gasteiger partial charge in [0.2, 0.25) is 5.91 Å². The van der Waals surface area contributed by atoms with Crippen molar-refractivity contribution < 1.29 is 43.7 Å². The highest BCUT2D eigenvalue weighted by molar-refractivity contribution is 6.29. The second kappa shape index (κ2) is 11.8. The van der Waals surface area contributed by atoms with E-state index in [1.165, 1.54) is 25.1 Å². The van der Waals surface area contributed by atoms with Gasteiger partial charge in [-0.1, -0.05) is 19.8 Å². The molecule has 42 heavy (non-hydrogen) atoms. The third-order valence-electron chi connectivity index (χ3n) is 8.68. The Morgan fingerprint density at radius 2 is 1.71 bits per heavy atom. The number of benzene rings is 1. The Morgan fingerprint density at radius 3 is 2.29 bits per heavy atom. The Bertz CT molecular complexity index is 1340. The Morgan fingerprint density at radius 1 is 1.05 bits per heavy atom. The maximum atomic E-state index is 14.0. The van der Waals surface area contributed by atoms with Crippen LogP contribution in [0.4, 0.5) is 16.2 Å². The summed E-state index contributed by atoms with van der Waals surface area (Å²) in [6.07, 6.45) is 0.149. The number of rotatable bonds is 8. The van der Waals surface area contributed by atoms with Crippen LogP contribution >= 0.6 is 0 Å². The molecule has 0 radical (unpaired) electrons. The number of phenolic OH excluding ortho intramolecular Hbond substituents is 1. The summed E-state index contributed by atoms with van der Waals surface area (Å²) in [6, 6.07) is 0.307. The molecule has 2 amide bonds. The lowest BCUT2D eigenvalue weighted by Crippen LogP contribution is -2.68. The van der Waals surface area contributed by atoms with E-state index in [1.54, 1.807) is 19.0 Å². The number of aliphatic hydroxyl groups is 1. The van der Waals surface area contributed by atoms with E-state index in [4.69, 9.17) is 10.5 Å². The van der Waals surface area contributed by atoms with Gasteiger partial charge in [-0.2, -0.15) is 0 Å². The van der Waals surface area contributed by atoms with Crippen molar-refractivity contribution >= 4 is 46.5 Å². The van der Waals surface area contributed by atoms with Crippen LogP contribution in [-0.2, 0) is 30.3 Å². The van der Waals surface area contributed by atoms with Crippen LogP contribution in [0.2, 0.25) is 0 Å². The topological polar surface area (TPSA) is 197 Å². The first-order valence-corrected chi connectivity index (χ1v) is 14.0. The molecule has 0 heterocycles. The van der Waals surface area contributed by atoms with Gasteiger partial charge in [0.1, 0.15) is 5.75 Å². The number of nitrogens with zero attached hydrogens (tertiary/aromatic N) is 2. The number of nitrogens with one attached hydrogen (secondary N) is 1. The van der Waals surface area contributed by atoms with Crippen LogP contribution in [0.1, 0.15) is 42.1 Å². The van der Waals surface area contributed by atoms with Crippen LogP contribution in [-0.4, -0.2) is 97.2 Å². The molecule has 5 unspecified atom stereocenters. The zero-order valence-corrected chi connectivity index (χ0v) is 24.4. The largest absolute Gasteiger partial charge is 0.505 e. The standard InChI is InChI=1S/C29H38N4O9/c1-6-7-8-9-42-29(41)31-14-11-15(32(2)3)12-10-13-17(24(36)16(12)23(14)35)25(37)19-18(22(13)34)21(33(4)5)27(39)20(26(19)38)28(30)40/h11,13,17-22,34-35H,6-10H2,1-5H3,(H2,30,40)(H,31,41)/t13?,17?,18?,19?,20?,21-,22-/m0/s1. The summed E-state index contributed by atoms with van der Waals surface area (Å²) in [7, 11) is 6.45. The Balaban J connectivity index is 1.78. The van der Waals surface area contributed by atoms with Gasteiger partial charge in [0.05, 0.1) is 41.8 Å². The maximum Gasteiger partial charge on any atom is 0.411 e. The molecular formula is C29H38N4O9. The lowest BCUT2D eigenvalue weighted by molar-refractivity contribution is -0.166. The van der Waals surface area contributed by atoms with Gasteiger partial charge in [-0.05, 0) is 38.6 Å². The molecule has 0 saturated heterocycles. The molecule has 0 spiro atoms. The van der Waals surface area contributed by atoms with E-state index < -0.39 is 82.6 Å². The Hall–Kier alpha value is -3.84. The van der Waals surface area contributed by atoms with Crippen molar-refractivity contribution in [3.63, 3.8) is 0 Å². The predicted octanol–water partition coefficient (Wildman–Crippen LogP) is 0.528. The molecule has 13 heteroatoms. The highest BCUT2D eigenvalue weighted by Crippen LogP contribution is 2.51. The Labute approximate surface area is 243 Å². The number of carbonyl (C=O) groups is 6. The number of ketones is 4. The van der Waals surface area contributed by atoms with Crippen LogP contribution in [0.5, 0.6) is 5.75 Å². The first kappa shape index (κ1) is 31.1. The van der Waals surface area contributed by atoms with Crippen LogP contribution < -0.4 is 16.0 Å². The van der Waals surface area contributed by atoms with E-state index >= 15 is 0 Å². The minimum atomic E-state index is -1.88. The number of hydrogen-bond acceptors (Lipinski definition) is 11. The fraction of sp³-hybridized carbons (Fsp3) is 0.586. The van der Waals surface area contributed by atoms with Gasteiger partial charge >= 0.3 is 6.09 Å². The molecule has 3 aliphatic carbocycles. The van der Waals surface area contributed by atoms with Crippen molar-refractivity contribution in [1.29, 1.82) is 0 Å². The highest BCUT2D eigenvalue weighted by atomic mass is 16.5.